The number of ether oxygens (including phenoxy) is 1. The Bertz CT molecular complexity index is 492. The van der Waals surface area contributed by atoms with Crippen molar-refractivity contribution in [1.82, 2.24) is 0 Å². The highest BCUT2D eigenvalue weighted by Gasteiger charge is 2.37. The maximum atomic E-state index is 12.9. The first-order valence-corrected chi connectivity index (χ1v) is 9.91. The molecule has 0 spiro atoms. The quantitative estimate of drug-likeness (QED) is 0.673. The highest BCUT2D eigenvalue weighted by Crippen LogP contribution is 2.43. The summed E-state index contributed by atoms with van der Waals surface area (Å²) >= 11 is 2.62. The lowest BCUT2D eigenvalue weighted by atomic mass is 9.77. The van der Waals surface area contributed by atoms with Gasteiger partial charge in [0.05, 0.1) is 11.6 Å². The zero-order valence-corrected chi connectivity index (χ0v) is 15.6. The molecule has 2 rings (SSSR count). The second kappa shape index (κ2) is 7.38. The van der Waals surface area contributed by atoms with Crippen LogP contribution in [0.15, 0.2) is 21.5 Å². The van der Waals surface area contributed by atoms with Gasteiger partial charge in [-0.25, -0.2) is 0 Å². The molecule has 2 atom stereocenters. The molecule has 2 nitrogen and oxygen atoms in total. The predicted molar refractivity (Wildman–Crippen MR) is 92.5 cm³/mol. The van der Waals surface area contributed by atoms with Crippen molar-refractivity contribution in [3.05, 3.63) is 22.2 Å². The van der Waals surface area contributed by atoms with E-state index in [0.717, 1.165) is 40.1 Å². The van der Waals surface area contributed by atoms with E-state index < -0.39 is 11.2 Å². The van der Waals surface area contributed by atoms with Crippen LogP contribution in [0.1, 0.15) is 51.5 Å². The molecule has 0 aliphatic carbocycles. The lowest BCUT2D eigenvalue weighted by Gasteiger charge is -2.30. The maximum Gasteiger partial charge on any atom is 0.159 e. The molecule has 21 heavy (non-hydrogen) atoms. The highest BCUT2D eigenvalue weighted by atomic mass is 79.9. The summed E-state index contributed by atoms with van der Waals surface area (Å²) in [6.07, 6.45) is 6.90. The number of aryl methyl sites for hydroxylation is 1. The second-order valence-electron chi connectivity index (χ2n) is 6.04. The Morgan fingerprint density at radius 2 is 2.14 bits per heavy atom. The van der Waals surface area contributed by atoms with Crippen molar-refractivity contribution in [2.45, 2.75) is 57.3 Å². The van der Waals surface area contributed by atoms with Crippen LogP contribution in [0.4, 0.5) is 0 Å². The van der Waals surface area contributed by atoms with Gasteiger partial charge in [-0.3, -0.25) is 0 Å². The number of fused-ring (bicyclic) bond motifs is 1. The molecular formula is C17H25BrO2S. The molecule has 0 bridgehead atoms. The third-order valence-corrected chi connectivity index (χ3v) is 7.12. The van der Waals surface area contributed by atoms with Crippen molar-refractivity contribution in [2.24, 2.45) is 5.41 Å². The molecule has 0 saturated heterocycles. The van der Waals surface area contributed by atoms with E-state index in [2.05, 4.69) is 35.8 Å². The summed E-state index contributed by atoms with van der Waals surface area (Å²) in [5.74, 6) is 1.57. The maximum absolute atomic E-state index is 12.9. The lowest BCUT2D eigenvalue weighted by molar-refractivity contribution is 0.259. The van der Waals surface area contributed by atoms with Crippen molar-refractivity contribution in [2.75, 3.05) is 12.9 Å². The minimum absolute atomic E-state index is 0.236. The largest absolute Gasteiger partial charge is 0.611 e. The molecule has 1 heterocycles. The van der Waals surface area contributed by atoms with E-state index in [-0.39, 0.29) is 5.41 Å². The molecule has 2 unspecified atom stereocenters. The van der Waals surface area contributed by atoms with Gasteiger partial charge < -0.3 is 9.29 Å². The van der Waals surface area contributed by atoms with Gasteiger partial charge in [-0.1, -0.05) is 26.7 Å². The Morgan fingerprint density at radius 1 is 1.38 bits per heavy atom. The normalized spacial score (nSPS) is 25.3. The van der Waals surface area contributed by atoms with Crippen LogP contribution in [0.3, 0.4) is 0 Å². The van der Waals surface area contributed by atoms with Gasteiger partial charge >= 0.3 is 0 Å². The molecule has 1 aromatic rings. The third-order valence-electron chi connectivity index (χ3n) is 4.75. The van der Waals surface area contributed by atoms with Gasteiger partial charge in [-0.2, -0.15) is 0 Å². The van der Waals surface area contributed by atoms with Crippen LogP contribution < -0.4 is 4.74 Å². The van der Waals surface area contributed by atoms with Gasteiger partial charge in [0.1, 0.15) is 11.5 Å². The van der Waals surface area contributed by atoms with Gasteiger partial charge in [0.25, 0.3) is 0 Å². The van der Waals surface area contributed by atoms with Crippen LogP contribution in [0.25, 0.3) is 0 Å². The van der Waals surface area contributed by atoms with Crippen LogP contribution in [0, 0.1) is 5.41 Å². The van der Waals surface area contributed by atoms with E-state index in [0.29, 0.717) is 0 Å². The number of rotatable bonds is 5. The van der Waals surface area contributed by atoms with E-state index in [1.165, 1.54) is 24.8 Å². The number of halogens is 1. The number of benzene rings is 1. The monoisotopic (exact) mass is 372 g/mol. The Balaban J connectivity index is 2.31. The summed E-state index contributed by atoms with van der Waals surface area (Å²) in [7, 11) is 1.66. The Morgan fingerprint density at radius 3 is 2.76 bits per heavy atom. The molecule has 0 fully saturated rings. The zero-order chi connectivity index (χ0) is 15.5. The van der Waals surface area contributed by atoms with E-state index >= 15 is 0 Å². The van der Waals surface area contributed by atoms with E-state index in [1.54, 1.807) is 7.11 Å². The van der Waals surface area contributed by atoms with Crippen molar-refractivity contribution in [3.63, 3.8) is 0 Å². The fraction of sp³-hybridized carbons (Fsp3) is 0.647. The van der Waals surface area contributed by atoms with Crippen LogP contribution in [0.5, 0.6) is 5.75 Å². The standard InChI is InChI=1S/C17H25BrO2S/c1-4-6-8-17(5-2)9-7-13-10-14(18)15(20-3)11-16(13)21(19)12-17/h10-11H,4-9,12H2,1-3H3. The molecule has 0 radical (unpaired) electrons. The second-order valence-corrected chi connectivity index (χ2v) is 8.32. The van der Waals surface area contributed by atoms with Crippen LogP contribution in [-0.2, 0) is 17.6 Å². The molecule has 1 aromatic carbocycles. The SMILES string of the molecule is CCCCC1(CC)CCc2cc(Br)c(OC)cc2[S+]([O-])C1. The molecule has 1 aliphatic heterocycles. The first-order valence-electron chi connectivity index (χ1n) is 7.80. The summed E-state index contributed by atoms with van der Waals surface area (Å²) in [4.78, 5) is 0.974. The predicted octanol–water partition coefficient (Wildman–Crippen LogP) is 5.10. The minimum atomic E-state index is -0.926. The highest BCUT2D eigenvalue weighted by molar-refractivity contribution is 9.10. The van der Waals surface area contributed by atoms with Gasteiger partial charge in [-0.05, 0) is 58.9 Å². The van der Waals surface area contributed by atoms with Gasteiger partial charge in [0.2, 0.25) is 0 Å². The molecule has 4 heteroatoms. The van der Waals surface area contributed by atoms with Gasteiger partial charge in [0, 0.05) is 17.0 Å². The number of unbranched alkanes of at least 4 members (excludes halogenated alkanes) is 1. The third kappa shape index (κ3) is 3.77. The molecule has 0 amide bonds. The Labute approximate surface area is 140 Å². The van der Waals surface area contributed by atoms with E-state index in [4.69, 9.17) is 4.74 Å². The molecule has 0 saturated carbocycles. The van der Waals surface area contributed by atoms with Crippen LogP contribution in [-0.4, -0.2) is 17.4 Å². The first kappa shape index (κ1) is 17.2. The summed E-state index contributed by atoms with van der Waals surface area (Å²) in [6, 6.07) is 4.05. The van der Waals surface area contributed by atoms with Crippen LogP contribution in [0.2, 0.25) is 0 Å². The molecule has 118 valence electrons. The van der Waals surface area contributed by atoms with Gasteiger partial charge in [0.15, 0.2) is 4.90 Å². The summed E-state index contributed by atoms with van der Waals surface area (Å²) in [5.41, 5.74) is 1.45. The summed E-state index contributed by atoms with van der Waals surface area (Å²) in [5, 5.41) is 0. The van der Waals surface area contributed by atoms with Crippen LogP contribution >= 0.6 is 15.9 Å². The number of methoxy groups -OCH3 is 1. The van der Waals surface area contributed by atoms with Crippen molar-refractivity contribution < 1.29 is 9.29 Å². The van der Waals surface area contributed by atoms with Crippen molar-refractivity contribution in [1.29, 1.82) is 0 Å². The zero-order valence-electron chi connectivity index (χ0n) is 13.2. The van der Waals surface area contributed by atoms with Crippen molar-refractivity contribution >= 4 is 27.1 Å². The van der Waals surface area contributed by atoms with Crippen molar-refractivity contribution in [3.8, 4) is 5.75 Å². The molecular weight excluding hydrogens is 348 g/mol. The summed E-state index contributed by atoms with van der Waals surface area (Å²) < 4.78 is 19.2. The summed E-state index contributed by atoms with van der Waals surface area (Å²) in [6.45, 7) is 4.48. The lowest BCUT2D eigenvalue weighted by Crippen LogP contribution is -2.28. The smallest absolute Gasteiger partial charge is 0.159 e. The fourth-order valence-electron chi connectivity index (χ4n) is 3.17. The number of hydrogen-bond donors (Lipinski definition) is 0. The molecule has 0 aromatic heterocycles. The molecule has 1 aliphatic rings. The molecule has 0 N–H and O–H groups in total. The first-order chi connectivity index (χ1) is 10.0. The average Bonchev–Trinajstić information content (AvgIpc) is 2.62. The van der Waals surface area contributed by atoms with Gasteiger partial charge in [-0.15, -0.1) is 0 Å². The average molecular weight is 373 g/mol. The number of hydrogen-bond acceptors (Lipinski definition) is 2. The van der Waals surface area contributed by atoms with E-state index in [1.807, 2.05) is 6.07 Å². The fourth-order valence-corrected chi connectivity index (χ4v) is 5.62. The van der Waals surface area contributed by atoms with E-state index in [9.17, 15) is 4.55 Å². The minimum Gasteiger partial charge on any atom is -0.611 e. The Hall–Kier alpha value is -0.190. The Kier molecular flexibility index (Phi) is 6.04. The topological polar surface area (TPSA) is 32.3 Å².